The lowest BCUT2D eigenvalue weighted by Crippen LogP contribution is -2.28. The average molecular weight is 385 g/mol. The highest BCUT2D eigenvalue weighted by Crippen LogP contribution is 2.29. The molecule has 0 heterocycles. The van der Waals surface area contributed by atoms with E-state index in [1.165, 1.54) is 0 Å². The molecule has 0 aliphatic carbocycles. The van der Waals surface area contributed by atoms with Gasteiger partial charge in [-0.25, -0.2) is 13.1 Å². The van der Waals surface area contributed by atoms with Crippen molar-refractivity contribution in [3.05, 3.63) is 36.4 Å². The van der Waals surface area contributed by atoms with E-state index in [-0.39, 0.29) is 30.4 Å². The van der Waals surface area contributed by atoms with Crippen molar-refractivity contribution in [2.45, 2.75) is 4.90 Å². The number of fused-ring (bicyclic) bond motifs is 1. The number of sulfonamides is 1. The van der Waals surface area contributed by atoms with E-state index >= 15 is 0 Å². The normalized spacial score (nSPS) is 13.1. The lowest BCUT2D eigenvalue weighted by Gasteiger charge is -2.17. The quantitative estimate of drug-likeness (QED) is 0.512. The molecule has 0 saturated carbocycles. The summed E-state index contributed by atoms with van der Waals surface area (Å²) >= 11 is -2.16. The molecular formula is C16H21N2O5S2-. The van der Waals surface area contributed by atoms with Crippen molar-refractivity contribution in [2.24, 2.45) is 0 Å². The zero-order chi connectivity index (χ0) is 18.4. The van der Waals surface area contributed by atoms with Crippen LogP contribution in [-0.4, -0.2) is 56.8 Å². The first-order valence-corrected chi connectivity index (χ1v) is 10.4. The summed E-state index contributed by atoms with van der Waals surface area (Å²) in [5, 5.41) is 1.49. The second kappa shape index (κ2) is 8.72. The Kier molecular flexibility index (Phi) is 6.91. The van der Waals surface area contributed by atoms with Crippen LogP contribution < -0.4 is 9.62 Å². The van der Waals surface area contributed by atoms with Crippen LogP contribution in [0.1, 0.15) is 0 Å². The molecule has 25 heavy (non-hydrogen) atoms. The lowest BCUT2D eigenvalue weighted by molar-refractivity contribution is 0.154. The predicted molar refractivity (Wildman–Crippen MR) is 98.1 cm³/mol. The zero-order valence-electron chi connectivity index (χ0n) is 14.1. The van der Waals surface area contributed by atoms with E-state index in [9.17, 15) is 17.2 Å². The van der Waals surface area contributed by atoms with Crippen LogP contribution in [-0.2, 0) is 25.8 Å². The number of nitrogens with zero attached hydrogens (tertiary/aromatic N) is 1. The Bertz CT molecular complexity index is 853. The minimum atomic E-state index is -3.70. The van der Waals surface area contributed by atoms with Gasteiger partial charge in [0.15, 0.2) is 0 Å². The zero-order valence-corrected chi connectivity index (χ0v) is 15.7. The molecule has 1 unspecified atom stereocenters. The van der Waals surface area contributed by atoms with Crippen molar-refractivity contribution in [3.63, 3.8) is 0 Å². The van der Waals surface area contributed by atoms with Crippen LogP contribution in [0.5, 0.6) is 0 Å². The summed E-state index contributed by atoms with van der Waals surface area (Å²) < 4.78 is 53.5. The van der Waals surface area contributed by atoms with Crippen molar-refractivity contribution >= 4 is 37.6 Å². The van der Waals surface area contributed by atoms with Gasteiger partial charge in [0, 0.05) is 42.9 Å². The van der Waals surface area contributed by atoms with Crippen LogP contribution >= 0.6 is 0 Å². The van der Waals surface area contributed by atoms with Crippen molar-refractivity contribution in [1.82, 2.24) is 4.72 Å². The van der Waals surface area contributed by atoms with Crippen LogP contribution in [0.3, 0.4) is 0 Å². The summed E-state index contributed by atoms with van der Waals surface area (Å²) in [7, 11) is 0.103. The molecule has 0 aliphatic rings. The summed E-state index contributed by atoms with van der Waals surface area (Å²) in [5.74, 6) is -0.108. The SMILES string of the molecule is CN(C)c1cccc2c(S(=O)(=O)NCCOCCS(=O)[O-])cccc12. The summed E-state index contributed by atoms with van der Waals surface area (Å²) in [4.78, 5) is 2.13. The lowest BCUT2D eigenvalue weighted by atomic mass is 10.1. The molecule has 0 spiro atoms. The van der Waals surface area contributed by atoms with E-state index in [0.717, 1.165) is 11.1 Å². The molecule has 0 amide bonds. The van der Waals surface area contributed by atoms with Gasteiger partial charge in [0.25, 0.3) is 0 Å². The van der Waals surface area contributed by atoms with Gasteiger partial charge < -0.3 is 14.2 Å². The molecule has 2 rings (SSSR count). The maximum absolute atomic E-state index is 12.6. The summed E-state index contributed by atoms with van der Waals surface area (Å²) in [6.07, 6.45) is 0. The molecule has 2 aromatic carbocycles. The van der Waals surface area contributed by atoms with Crippen molar-refractivity contribution in [3.8, 4) is 0 Å². The summed E-state index contributed by atoms with van der Waals surface area (Å²) in [6, 6.07) is 10.7. The van der Waals surface area contributed by atoms with Gasteiger partial charge >= 0.3 is 0 Å². The Morgan fingerprint density at radius 1 is 1.12 bits per heavy atom. The van der Waals surface area contributed by atoms with E-state index in [1.807, 2.05) is 37.2 Å². The first kappa shape index (κ1) is 19.8. The van der Waals surface area contributed by atoms with Gasteiger partial charge in [0.2, 0.25) is 10.0 Å². The molecule has 9 heteroatoms. The number of hydrogen-bond donors (Lipinski definition) is 1. The number of ether oxygens (including phenoxy) is 1. The molecule has 0 saturated heterocycles. The first-order chi connectivity index (χ1) is 11.8. The predicted octanol–water partition coefficient (Wildman–Crippen LogP) is 1.08. The molecule has 138 valence electrons. The third-order valence-corrected chi connectivity index (χ3v) is 5.58. The minimum absolute atomic E-state index is 0.0400. The maximum atomic E-state index is 12.6. The molecule has 2 aromatic rings. The molecule has 1 atom stereocenters. The molecule has 0 aliphatic heterocycles. The minimum Gasteiger partial charge on any atom is -0.772 e. The first-order valence-electron chi connectivity index (χ1n) is 7.65. The highest BCUT2D eigenvalue weighted by atomic mass is 32.2. The number of hydrogen-bond acceptors (Lipinski definition) is 6. The maximum Gasteiger partial charge on any atom is 0.241 e. The fraction of sp³-hybridized carbons (Fsp3) is 0.375. The molecule has 7 nitrogen and oxygen atoms in total. The molecular weight excluding hydrogens is 364 g/mol. The molecule has 0 fully saturated rings. The van der Waals surface area contributed by atoms with Crippen LogP contribution in [0.25, 0.3) is 10.8 Å². The van der Waals surface area contributed by atoms with Gasteiger partial charge in [-0.05, 0) is 12.1 Å². The van der Waals surface area contributed by atoms with E-state index < -0.39 is 21.1 Å². The van der Waals surface area contributed by atoms with E-state index in [2.05, 4.69) is 4.72 Å². The third kappa shape index (κ3) is 5.23. The van der Waals surface area contributed by atoms with Gasteiger partial charge in [-0.1, -0.05) is 35.3 Å². The highest BCUT2D eigenvalue weighted by Gasteiger charge is 2.17. The van der Waals surface area contributed by atoms with E-state index in [0.29, 0.717) is 5.39 Å². The van der Waals surface area contributed by atoms with Gasteiger partial charge in [-0.2, -0.15) is 0 Å². The number of anilines is 1. The monoisotopic (exact) mass is 385 g/mol. The van der Waals surface area contributed by atoms with Gasteiger partial charge in [0.1, 0.15) is 0 Å². The van der Waals surface area contributed by atoms with Crippen LogP contribution in [0.15, 0.2) is 41.3 Å². The number of nitrogens with one attached hydrogen (secondary N) is 1. The summed E-state index contributed by atoms with van der Waals surface area (Å²) in [6.45, 7) is 0.208. The number of rotatable bonds is 9. The van der Waals surface area contributed by atoms with Crippen molar-refractivity contribution < 1.29 is 21.9 Å². The van der Waals surface area contributed by atoms with E-state index in [1.54, 1.807) is 18.2 Å². The van der Waals surface area contributed by atoms with Gasteiger partial charge in [-0.3, -0.25) is 4.21 Å². The molecule has 1 N–H and O–H groups in total. The van der Waals surface area contributed by atoms with Crippen molar-refractivity contribution in [2.75, 3.05) is 44.5 Å². The van der Waals surface area contributed by atoms with E-state index in [4.69, 9.17) is 4.74 Å². The Hall–Kier alpha value is -1.52. The largest absolute Gasteiger partial charge is 0.772 e. The Morgan fingerprint density at radius 2 is 1.80 bits per heavy atom. The van der Waals surface area contributed by atoms with Crippen LogP contribution in [0.2, 0.25) is 0 Å². The molecule has 0 bridgehead atoms. The fourth-order valence-corrected chi connectivity index (χ4v) is 3.93. The smallest absolute Gasteiger partial charge is 0.241 e. The van der Waals surface area contributed by atoms with Crippen LogP contribution in [0.4, 0.5) is 5.69 Å². The summed E-state index contributed by atoms with van der Waals surface area (Å²) in [5.41, 5.74) is 0.934. The Balaban J connectivity index is 2.14. The standard InChI is InChI=1S/C16H22N2O5S2/c1-18(2)15-7-3-6-14-13(15)5-4-8-16(14)25(21,22)17-9-10-23-11-12-24(19)20/h3-8,17H,9-12H2,1-2H3,(H,19,20)/p-1. The molecule has 0 radical (unpaired) electrons. The Labute approximate surface area is 150 Å². The number of benzene rings is 2. The van der Waals surface area contributed by atoms with Crippen LogP contribution in [0, 0.1) is 0 Å². The fourth-order valence-electron chi connectivity index (χ4n) is 2.44. The third-order valence-electron chi connectivity index (χ3n) is 3.56. The van der Waals surface area contributed by atoms with Crippen molar-refractivity contribution in [1.29, 1.82) is 0 Å². The Morgan fingerprint density at radius 3 is 2.48 bits per heavy atom. The average Bonchev–Trinajstić information content (AvgIpc) is 2.56. The second-order valence-electron chi connectivity index (χ2n) is 5.54. The topological polar surface area (TPSA) is 98.8 Å². The van der Waals surface area contributed by atoms with Gasteiger partial charge in [0.05, 0.1) is 18.1 Å². The second-order valence-corrected chi connectivity index (χ2v) is 8.29. The highest BCUT2D eigenvalue weighted by molar-refractivity contribution is 7.89. The van der Waals surface area contributed by atoms with Gasteiger partial charge in [-0.15, -0.1) is 0 Å². The molecule has 0 aromatic heterocycles.